The molecule has 0 unspecified atom stereocenters. The summed E-state index contributed by atoms with van der Waals surface area (Å²) in [5, 5.41) is 4.65. The first-order valence-corrected chi connectivity index (χ1v) is 21.0. The van der Waals surface area contributed by atoms with Gasteiger partial charge in [-0.15, -0.1) is 0 Å². The third kappa shape index (κ3) is 5.43. The highest BCUT2D eigenvalue weighted by Crippen LogP contribution is 2.59. The first-order chi connectivity index (χ1) is 30.3. The Morgan fingerprint density at radius 1 is 0.344 bits per heavy atom. The number of furan rings is 1. The van der Waals surface area contributed by atoms with E-state index in [0.717, 1.165) is 39.0 Å². The Kier molecular flexibility index (Phi) is 8.11. The maximum Gasteiger partial charge on any atom is 0.137 e. The summed E-state index contributed by atoms with van der Waals surface area (Å²) in [6.45, 7) is 0. The van der Waals surface area contributed by atoms with Crippen molar-refractivity contribution in [2.24, 2.45) is 0 Å². The van der Waals surface area contributed by atoms with Crippen molar-refractivity contribution in [3.05, 3.63) is 259 Å². The second-order valence-corrected chi connectivity index (χ2v) is 16.0. The van der Waals surface area contributed by atoms with Crippen molar-refractivity contribution in [3.63, 3.8) is 0 Å². The summed E-state index contributed by atoms with van der Waals surface area (Å²) in [5.74, 6) is 0. The van der Waals surface area contributed by atoms with E-state index in [1.165, 1.54) is 66.4 Å². The quantitative estimate of drug-likeness (QED) is 0.160. The molecule has 1 heterocycles. The molecule has 11 aromatic rings. The summed E-state index contributed by atoms with van der Waals surface area (Å²) in [5.41, 5.74) is 16.6. The van der Waals surface area contributed by atoms with Gasteiger partial charge in [0.25, 0.3) is 0 Å². The summed E-state index contributed by atoms with van der Waals surface area (Å²) in [6.07, 6.45) is 0. The van der Waals surface area contributed by atoms with Crippen molar-refractivity contribution in [2.75, 3.05) is 4.90 Å². The molecule has 1 aliphatic rings. The van der Waals surface area contributed by atoms with E-state index >= 15 is 0 Å². The fraction of sp³-hybridized carbons (Fsp3) is 0.0169. The lowest BCUT2D eigenvalue weighted by molar-refractivity contribution is 0.669. The fourth-order valence-electron chi connectivity index (χ4n) is 10.1. The highest BCUT2D eigenvalue weighted by Gasteiger charge is 2.47. The largest absolute Gasteiger partial charge is 0.456 e. The number of hydrogen-bond acceptors (Lipinski definition) is 2. The number of nitrogens with zero attached hydrogens (tertiary/aromatic N) is 1. The van der Waals surface area contributed by atoms with Gasteiger partial charge in [-0.1, -0.05) is 194 Å². The number of anilines is 3. The summed E-state index contributed by atoms with van der Waals surface area (Å²) in [7, 11) is 0. The average Bonchev–Trinajstić information content (AvgIpc) is 3.87. The Hall–Kier alpha value is -7.94. The van der Waals surface area contributed by atoms with Crippen LogP contribution in [-0.4, -0.2) is 0 Å². The maximum atomic E-state index is 6.93. The predicted octanol–water partition coefficient (Wildman–Crippen LogP) is 15.9. The molecule has 0 N–H and O–H groups in total. The highest BCUT2D eigenvalue weighted by molar-refractivity contribution is 6.22. The van der Waals surface area contributed by atoms with Gasteiger partial charge in [-0.25, -0.2) is 0 Å². The van der Waals surface area contributed by atoms with Crippen LogP contribution < -0.4 is 4.90 Å². The van der Waals surface area contributed by atoms with Gasteiger partial charge < -0.3 is 9.32 Å². The minimum atomic E-state index is -0.520. The second-order valence-electron chi connectivity index (χ2n) is 16.0. The summed E-state index contributed by atoms with van der Waals surface area (Å²) in [6, 6.07) is 85.8. The zero-order valence-corrected chi connectivity index (χ0v) is 33.4. The summed E-state index contributed by atoms with van der Waals surface area (Å²) in [4.78, 5) is 2.43. The van der Waals surface area contributed by atoms with Crippen LogP contribution in [0.25, 0.3) is 66.1 Å². The molecular weight excluding hydrogens is 739 g/mol. The van der Waals surface area contributed by atoms with Crippen LogP contribution in [0.5, 0.6) is 0 Å². The van der Waals surface area contributed by atoms with Crippen LogP contribution in [0.4, 0.5) is 17.1 Å². The van der Waals surface area contributed by atoms with Gasteiger partial charge in [0.2, 0.25) is 0 Å². The molecule has 2 nitrogen and oxygen atoms in total. The predicted molar refractivity (Wildman–Crippen MR) is 254 cm³/mol. The van der Waals surface area contributed by atoms with Crippen LogP contribution in [0.1, 0.15) is 22.3 Å². The third-order valence-corrected chi connectivity index (χ3v) is 12.7. The van der Waals surface area contributed by atoms with Crippen LogP contribution in [-0.2, 0) is 5.41 Å². The minimum absolute atomic E-state index is 0.520. The van der Waals surface area contributed by atoms with Gasteiger partial charge in [0, 0.05) is 33.8 Å². The fourth-order valence-corrected chi connectivity index (χ4v) is 10.1. The summed E-state index contributed by atoms with van der Waals surface area (Å²) < 4.78 is 6.93. The van der Waals surface area contributed by atoms with Crippen LogP contribution in [0.15, 0.2) is 241 Å². The van der Waals surface area contributed by atoms with Crippen molar-refractivity contribution in [2.45, 2.75) is 5.41 Å². The zero-order valence-electron chi connectivity index (χ0n) is 33.4. The molecule has 0 saturated heterocycles. The molecule has 0 saturated carbocycles. The van der Waals surface area contributed by atoms with Gasteiger partial charge in [-0.05, 0) is 97.2 Å². The van der Waals surface area contributed by atoms with E-state index in [9.17, 15) is 0 Å². The van der Waals surface area contributed by atoms with Crippen LogP contribution in [0.3, 0.4) is 0 Å². The molecule has 1 aromatic heterocycles. The standard InChI is InChI=1S/C59H39NO/c1-5-18-40(19-6-1)41-32-34-45(35-33-41)60(46-36-37-50-55(38-46)61-56-39-51(42-20-7-2-8-21-42)47-26-13-14-27-48(47)57(50)56)54-31-17-30-53-58(54)49-28-15-16-29-52(49)59(53,43-22-9-3-10-23-43)44-24-11-4-12-25-44/h1-39H. The van der Waals surface area contributed by atoms with E-state index < -0.39 is 5.41 Å². The number of hydrogen-bond donors (Lipinski definition) is 0. The SMILES string of the molecule is c1ccc(-c2ccc(N(c3ccc4c(c3)oc3cc(-c5ccccc5)c5ccccc5c34)c3cccc4c3-c3ccccc3C4(c3ccccc3)c3ccccc3)cc2)cc1. The first-order valence-electron chi connectivity index (χ1n) is 21.0. The topological polar surface area (TPSA) is 16.4 Å². The molecule has 1 aliphatic carbocycles. The molecule has 286 valence electrons. The Morgan fingerprint density at radius 2 is 0.902 bits per heavy atom. The Labute approximate surface area is 355 Å². The molecule has 61 heavy (non-hydrogen) atoms. The number of fused-ring (bicyclic) bond motifs is 8. The van der Waals surface area contributed by atoms with Crippen LogP contribution >= 0.6 is 0 Å². The van der Waals surface area contributed by atoms with Gasteiger partial charge >= 0.3 is 0 Å². The van der Waals surface area contributed by atoms with Gasteiger partial charge in [0.1, 0.15) is 11.2 Å². The van der Waals surface area contributed by atoms with Gasteiger partial charge in [0.15, 0.2) is 0 Å². The van der Waals surface area contributed by atoms with Crippen LogP contribution in [0, 0.1) is 0 Å². The van der Waals surface area contributed by atoms with Crippen LogP contribution in [0.2, 0.25) is 0 Å². The van der Waals surface area contributed by atoms with Crippen molar-refractivity contribution in [1.29, 1.82) is 0 Å². The second kappa shape index (κ2) is 14.1. The zero-order chi connectivity index (χ0) is 40.3. The van der Waals surface area contributed by atoms with E-state index in [1.54, 1.807) is 0 Å². The van der Waals surface area contributed by atoms with E-state index in [0.29, 0.717) is 0 Å². The Balaban J connectivity index is 1.12. The van der Waals surface area contributed by atoms with E-state index in [-0.39, 0.29) is 0 Å². The lowest BCUT2D eigenvalue weighted by Gasteiger charge is -2.34. The van der Waals surface area contributed by atoms with Gasteiger partial charge in [0.05, 0.1) is 11.1 Å². The third-order valence-electron chi connectivity index (χ3n) is 12.7. The van der Waals surface area contributed by atoms with Crippen molar-refractivity contribution in [1.82, 2.24) is 0 Å². The number of benzene rings is 10. The van der Waals surface area contributed by atoms with Gasteiger partial charge in [-0.3, -0.25) is 0 Å². The lowest BCUT2D eigenvalue weighted by Crippen LogP contribution is -2.28. The lowest BCUT2D eigenvalue weighted by atomic mass is 9.68. The van der Waals surface area contributed by atoms with E-state index in [4.69, 9.17) is 4.42 Å². The minimum Gasteiger partial charge on any atom is -0.456 e. The summed E-state index contributed by atoms with van der Waals surface area (Å²) >= 11 is 0. The first kappa shape index (κ1) is 35.0. The van der Waals surface area contributed by atoms with E-state index in [2.05, 4.69) is 241 Å². The van der Waals surface area contributed by atoms with E-state index in [1.807, 2.05) is 0 Å². The molecule has 2 heteroatoms. The Morgan fingerprint density at radius 3 is 1.61 bits per heavy atom. The van der Waals surface area contributed by atoms with Crippen molar-refractivity contribution < 1.29 is 4.42 Å². The molecule has 0 atom stereocenters. The van der Waals surface area contributed by atoms with Crippen molar-refractivity contribution >= 4 is 49.8 Å². The van der Waals surface area contributed by atoms with Gasteiger partial charge in [-0.2, -0.15) is 0 Å². The molecule has 12 rings (SSSR count). The molecule has 0 amide bonds. The molecule has 10 aromatic carbocycles. The molecule has 0 bridgehead atoms. The normalized spacial score (nSPS) is 12.7. The monoisotopic (exact) mass is 777 g/mol. The number of rotatable bonds is 7. The molecule has 0 radical (unpaired) electrons. The average molecular weight is 778 g/mol. The highest BCUT2D eigenvalue weighted by atomic mass is 16.3. The molecule has 0 fully saturated rings. The van der Waals surface area contributed by atoms with Crippen molar-refractivity contribution in [3.8, 4) is 33.4 Å². The Bertz CT molecular complexity index is 3350. The smallest absolute Gasteiger partial charge is 0.137 e. The molecule has 0 aliphatic heterocycles. The molecular formula is C59H39NO. The molecule has 0 spiro atoms. The maximum absolute atomic E-state index is 6.93.